The van der Waals surface area contributed by atoms with Crippen molar-refractivity contribution in [1.82, 2.24) is 0 Å². The topological polar surface area (TPSA) is 29.5 Å². The lowest BCUT2D eigenvalue weighted by Crippen LogP contribution is -2.24. The second-order valence-corrected chi connectivity index (χ2v) is 4.08. The van der Waals surface area contributed by atoms with Crippen molar-refractivity contribution in [1.29, 1.82) is 0 Å². The van der Waals surface area contributed by atoms with Gasteiger partial charge in [0.1, 0.15) is 11.5 Å². The Balaban J connectivity index is 2.07. The molecule has 0 spiro atoms. The Morgan fingerprint density at radius 3 is 2.56 bits per heavy atom. The minimum atomic E-state index is 0.385. The van der Waals surface area contributed by atoms with Crippen LogP contribution in [-0.4, -0.2) is 26.0 Å². The van der Waals surface area contributed by atoms with E-state index in [1.807, 2.05) is 12.1 Å². The number of hydrogen-bond acceptors (Lipinski definition) is 3. The van der Waals surface area contributed by atoms with Gasteiger partial charge in [-0.05, 0) is 30.7 Å². The molecule has 1 aromatic rings. The average Bonchev–Trinajstić information content (AvgIpc) is 2.54. The monoisotopic (exact) mass is 219 g/mol. The molecule has 0 amide bonds. The van der Waals surface area contributed by atoms with Crippen molar-refractivity contribution < 1.29 is 9.53 Å². The molecule has 1 heterocycles. The first-order valence-corrected chi connectivity index (χ1v) is 5.70. The Kier molecular flexibility index (Phi) is 3.44. The summed E-state index contributed by atoms with van der Waals surface area (Å²) in [5.74, 6) is 1.26. The fraction of sp³-hybridized carbons (Fsp3) is 0.462. The van der Waals surface area contributed by atoms with E-state index in [1.54, 1.807) is 7.11 Å². The molecule has 0 aliphatic carbocycles. The van der Waals surface area contributed by atoms with Gasteiger partial charge in [0.2, 0.25) is 0 Å². The van der Waals surface area contributed by atoms with Crippen LogP contribution in [0.4, 0.5) is 5.69 Å². The molecule has 0 aromatic heterocycles. The predicted molar refractivity (Wildman–Crippen MR) is 64.1 cm³/mol. The normalized spacial score (nSPS) is 17.1. The summed E-state index contributed by atoms with van der Waals surface area (Å²) in [6.07, 6.45) is 2.36. The van der Waals surface area contributed by atoms with Gasteiger partial charge in [-0.25, -0.2) is 0 Å². The van der Waals surface area contributed by atoms with Crippen LogP contribution in [0.25, 0.3) is 0 Å². The average molecular weight is 219 g/mol. The number of Topliss-reactive ketones (excluding diaryl/α,β-unsaturated/α-hetero) is 1. The molecule has 1 saturated heterocycles. The van der Waals surface area contributed by atoms with E-state index < -0.39 is 0 Å². The second kappa shape index (κ2) is 5.01. The number of anilines is 1. The minimum absolute atomic E-state index is 0.385. The number of benzene rings is 1. The molecule has 0 N–H and O–H groups in total. The van der Waals surface area contributed by atoms with Crippen LogP contribution in [0, 0.1) is 0 Å². The van der Waals surface area contributed by atoms with Crippen LogP contribution in [0.15, 0.2) is 24.3 Å². The SMILES string of the molecule is COc1ccc(N2CCCC(=O)CC2)cc1. The third kappa shape index (κ3) is 2.54. The van der Waals surface area contributed by atoms with Gasteiger partial charge >= 0.3 is 0 Å². The van der Waals surface area contributed by atoms with Gasteiger partial charge in [-0.3, -0.25) is 4.79 Å². The summed E-state index contributed by atoms with van der Waals surface area (Å²) in [7, 11) is 1.67. The van der Waals surface area contributed by atoms with Crippen molar-refractivity contribution in [3.63, 3.8) is 0 Å². The Morgan fingerprint density at radius 2 is 1.88 bits per heavy atom. The van der Waals surface area contributed by atoms with E-state index in [-0.39, 0.29) is 0 Å². The van der Waals surface area contributed by atoms with E-state index in [2.05, 4.69) is 17.0 Å². The molecule has 1 aliphatic rings. The van der Waals surface area contributed by atoms with Gasteiger partial charge in [0, 0.05) is 31.6 Å². The highest BCUT2D eigenvalue weighted by atomic mass is 16.5. The van der Waals surface area contributed by atoms with E-state index in [1.165, 1.54) is 5.69 Å². The number of hydrogen-bond donors (Lipinski definition) is 0. The quantitative estimate of drug-likeness (QED) is 0.764. The standard InChI is InChI=1S/C13H17NO2/c1-16-13-6-4-11(5-7-13)14-9-2-3-12(15)8-10-14/h4-7H,2-3,8-10H2,1H3. The van der Waals surface area contributed by atoms with E-state index in [4.69, 9.17) is 4.74 Å². The zero-order chi connectivity index (χ0) is 11.4. The van der Waals surface area contributed by atoms with Gasteiger partial charge in [-0.15, -0.1) is 0 Å². The molecular formula is C13H17NO2. The van der Waals surface area contributed by atoms with Gasteiger partial charge in [0.25, 0.3) is 0 Å². The van der Waals surface area contributed by atoms with Crippen LogP contribution in [0.5, 0.6) is 5.75 Å². The van der Waals surface area contributed by atoms with Crippen LogP contribution < -0.4 is 9.64 Å². The Labute approximate surface area is 96.0 Å². The first kappa shape index (κ1) is 11.0. The van der Waals surface area contributed by atoms with Crippen LogP contribution in [-0.2, 0) is 4.79 Å². The molecule has 1 aromatic carbocycles. The van der Waals surface area contributed by atoms with Gasteiger partial charge in [0.05, 0.1) is 7.11 Å². The molecule has 3 nitrogen and oxygen atoms in total. The molecule has 0 saturated carbocycles. The minimum Gasteiger partial charge on any atom is -0.497 e. The van der Waals surface area contributed by atoms with Crippen molar-refractivity contribution in [2.45, 2.75) is 19.3 Å². The summed E-state index contributed by atoms with van der Waals surface area (Å²) in [5.41, 5.74) is 1.18. The van der Waals surface area contributed by atoms with Crippen LogP contribution >= 0.6 is 0 Å². The third-order valence-corrected chi connectivity index (χ3v) is 2.98. The fourth-order valence-electron chi connectivity index (χ4n) is 2.01. The molecule has 86 valence electrons. The highest BCUT2D eigenvalue weighted by Gasteiger charge is 2.14. The van der Waals surface area contributed by atoms with E-state index in [9.17, 15) is 4.79 Å². The number of ether oxygens (including phenoxy) is 1. The molecule has 0 radical (unpaired) electrons. The van der Waals surface area contributed by atoms with Crippen molar-refractivity contribution in [3.05, 3.63) is 24.3 Å². The summed E-state index contributed by atoms with van der Waals surface area (Å²) < 4.78 is 5.13. The summed E-state index contributed by atoms with van der Waals surface area (Å²) in [6.45, 7) is 1.81. The van der Waals surface area contributed by atoms with Gasteiger partial charge in [-0.2, -0.15) is 0 Å². The van der Waals surface area contributed by atoms with Crippen molar-refractivity contribution in [3.8, 4) is 5.75 Å². The van der Waals surface area contributed by atoms with Crippen molar-refractivity contribution >= 4 is 11.5 Å². The Bertz CT molecular complexity index is 359. The number of carbonyl (C=O) groups excluding carboxylic acids is 1. The number of rotatable bonds is 2. The maximum Gasteiger partial charge on any atom is 0.134 e. The van der Waals surface area contributed by atoms with Crippen molar-refractivity contribution in [2.24, 2.45) is 0 Å². The number of carbonyl (C=O) groups is 1. The zero-order valence-electron chi connectivity index (χ0n) is 9.61. The Morgan fingerprint density at radius 1 is 1.12 bits per heavy atom. The molecule has 0 unspecified atom stereocenters. The first-order valence-electron chi connectivity index (χ1n) is 5.70. The van der Waals surface area contributed by atoms with E-state index in [0.717, 1.165) is 31.7 Å². The molecule has 16 heavy (non-hydrogen) atoms. The summed E-state index contributed by atoms with van der Waals surface area (Å²) in [6, 6.07) is 8.02. The fourth-order valence-corrected chi connectivity index (χ4v) is 2.01. The highest BCUT2D eigenvalue weighted by Crippen LogP contribution is 2.21. The molecule has 0 atom stereocenters. The summed E-state index contributed by atoms with van der Waals surface area (Å²) in [5, 5.41) is 0. The summed E-state index contributed by atoms with van der Waals surface area (Å²) in [4.78, 5) is 13.6. The molecule has 1 aliphatic heterocycles. The Hall–Kier alpha value is -1.51. The number of methoxy groups -OCH3 is 1. The van der Waals surface area contributed by atoms with Gasteiger partial charge in [-0.1, -0.05) is 0 Å². The second-order valence-electron chi connectivity index (χ2n) is 4.08. The van der Waals surface area contributed by atoms with Gasteiger partial charge < -0.3 is 9.64 Å². The molecular weight excluding hydrogens is 202 g/mol. The zero-order valence-corrected chi connectivity index (χ0v) is 9.61. The lowest BCUT2D eigenvalue weighted by Gasteiger charge is -2.22. The van der Waals surface area contributed by atoms with Gasteiger partial charge in [0.15, 0.2) is 0 Å². The maximum atomic E-state index is 11.3. The molecule has 1 fully saturated rings. The first-order chi connectivity index (χ1) is 7.79. The number of ketones is 1. The smallest absolute Gasteiger partial charge is 0.134 e. The third-order valence-electron chi connectivity index (χ3n) is 2.98. The molecule has 3 heteroatoms. The largest absolute Gasteiger partial charge is 0.497 e. The van der Waals surface area contributed by atoms with Crippen LogP contribution in [0.2, 0.25) is 0 Å². The van der Waals surface area contributed by atoms with Crippen LogP contribution in [0.3, 0.4) is 0 Å². The molecule has 2 rings (SSSR count). The van der Waals surface area contributed by atoms with E-state index >= 15 is 0 Å². The molecule has 0 bridgehead atoms. The number of nitrogens with zero attached hydrogens (tertiary/aromatic N) is 1. The highest BCUT2D eigenvalue weighted by molar-refractivity contribution is 5.79. The lowest BCUT2D eigenvalue weighted by molar-refractivity contribution is -0.118. The maximum absolute atomic E-state index is 11.3. The summed E-state index contributed by atoms with van der Waals surface area (Å²) >= 11 is 0. The van der Waals surface area contributed by atoms with Crippen LogP contribution in [0.1, 0.15) is 19.3 Å². The lowest BCUT2D eigenvalue weighted by atomic mass is 10.2. The predicted octanol–water partition coefficient (Wildman–Crippen LogP) is 2.25. The van der Waals surface area contributed by atoms with E-state index in [0.29, 0.717) is 12.2 Å². The van der Waals surface area contributed by atoms with Crippen molar-refractivity contribution in [2.75, 3.05) is 25.1 Å².